The quantitative estimate of drug-likeness (QED) is 0.759. The standard InChI is InChI=1S/C12H25N.CH4O3S/c1-3-5-8-12-9-7-11-13(12)10-6-4-2;1-5(2,3)4/h12H,3-11H2,1-2H3;1H3,(H,2,3,4). The molecule has 0 amide bonds. The van der Waals surface area contributed by atoms with E-state index < -0.39 is 10.1 Å². The lowest BCUT2D eigenvalue weighted by atomic mass is 10.1. The van der Waals surface area contributed by atoms with E-state index in [9.17, 15) is 8.42 Å². The molecule has 1 fully saturated rings. The van der Waals surface area contributed by atoms with Gasteiger partial charge >= 0.3 is 0 Å². The molecule has 0 aliphatic carbocycles. The third-order valence-electron chi connectivity index (χ3n) is 3.19. The first-order valence-electron chi connectivity index (χ1n) is 7.05. The van der Waals surface area contributed by atoms with E-state index in [-0.39, 0.29) is 0 Å². The predicted octanol–water partition coefficient (Wildman–Crippen LogP) is 2.95. The maximum absolute atomic E-state index is 9.19. The van der Waals surface area contributed by atoms with Gasteiger partial charge in [-0.15, -0.1) is 0 Å². The SMILES string of the molecule is CCCCC1CCCN1CCCC.CS(=O)(=O)O. The molecule has 1 unspecified atom stereocenters. The maximum atomic E-state index is 9.19. The molecule has 1 rings (SSSR count). The molecule has 1 aliphatic rings. The average Bonchev–Trinajstić information content (AvgIpc) is 2.68. The molecule has 0 aromatic carbocycles. The van der Waals surface area contributed by atoms with Crippen LogP contribution in [0, 0.1) is 0 Å². The normalized spacial score (nSPS) is 20.6. The van der Waals surface area contributed by atoms with Crippen LogP contribution in [-0.4, -0.2) is 43.3 Å². The van der Waals surface area contributed by atoms with Crippen LogP contribution in [0.3, 0.4) is 0 Å². The van der Waals surface area contributed by atoms with E-state index in [2.05, 4.69) is 18.7 Å². The Kier molecular flexibility index (Phi) is 9.68. The zero-order valence-electron chi connectivity index (χ0n) is 12.1. The van der Waals surface area contributed by atoms with Crippen molar-refractivity contribution in [1.82, 2.24) is 4.90 Å². The number of nitrogens with zero attached hydrogens (tertiary/aromatic N) is 1. The monoisotopic (exact) mass is 279 g/mol. The second kappa shape index (κ2) is 9.75. The summed E-state index contributed by atoms with van der Waals surface area (Å²) in [6.45, 7) is 7.31. The highest BCUT2D eigenvalue weighted by Crippen LogP contribution is 2.22. The number of hydrogen-bond donors (Lipinski definition) is 1. The average molecular weight is 279 g/mol. The summed E-state index contributed by atoms with van der Waals surface area (Å²) in [5.41, 5.74) is 0. The van der Waals surface area contributed by atoms with Crippen LogP contribution in [-0.2, 0) is 10.1 Å². The van der Waals surface area contributed by atoms with Crippen molar-refractivity contribution in [3.8, 4) is 0 Å². The molecule has 1 aliphatic heterocycles. The Morgan fingerprint density at radius 1 is 1.22 bits per heavy atom. The van der Waals surface area contributed by atoms with Crippen molar-refractivity contribution in [3.05, 3.63) is 0 Å². The van der Waals surface area contributed by atoms with Gasteiger partial charge in [0.15, 0.2) is 0 Å². The van der Waals surface area contributed by atoms with Crippen LogP contribution >= 0.6 is 0 Å². The minimum atomic E-state index is -3.67. The second-order valence-corrected chi connectivity index (χ2v) is 6.53. The van der Waals surface area contributed by atoms with E-state index in [1.807, 2.05) is 0 Å². The Morgan fingerprint density at radius 3 is 2.28 bits per heavy atom. The lowest BCUT2D eigenvalue weighted by molar-refractivity contribution is 0.236. The Balaban J connectivity index is 0.000000494. The lowest BCUT2D eigenvalue weighted by Gasteiger charge is -2.23. The molecule has 1 N–H and O–H groups in total. The second-order valence-electron chi connectivity index (χ2n) is 5.06. The molecule has 1 saturated heterocycles. The number of unbranched alkanes of at least 4 members (excludes halogenated alkanes) is 2. The highest BCUT2D eigenvalue weighted by molar-refractivity contribution is 7.85. The van der Waals surface area contributed by atoms with Gasteiger partial charge in [0, 0.05) is 6.04 Å². The van der Waals surface area contributed by atoms with Gasteiger partial charge in [-0.2, -0.15) is 8.42 Å². The van der Waals surface area contributed by atoms with E-state index in [1.54, 1.807) is 0 Å². The van der Waals surface area contributed by atoms with Crippen molar-refractivity contribution >= 4 is 10.1 Å². The largest absolute Gasteiger partial charge is 0.300 e. The summed E-state index contributed by atoms with van der Waals surface area (Å²) in [5, 5.41) is 0. The summed E-state index contributed by atoms with van der Waals surface area (Å²) in [5.74, 6) is 0. The number of likely N-dealkylation sites (tertiary alicyclic amines) is 1. The molecule has 1 heterocycles. The van der Waals surface area contributed by atoms with E-state index in [4.69, 9.17) is 4.55 Å². The van der Waals surface area contributed by atoms with Crippen molar-refractivity contribution in [2.75, 3.05) is 19.3 Å². The summed E-state index contributed by atoms with van der Waals surface area (Å²) in [4.78, 5) is 2.72. The Labute approximate surface area is 113 Å². The van der Waals surface area contributed by atoms with Gasteiger partial charge in [-0.1, -0.05) is 33.1 Å². The van der Waals surface area contributed by atoms with E-state index >= 15 is 0 Å². The minimum Gasteiger partial charge on any atom is -0.300 e. The molecule has 0 saturated carbocycles. The predicted molar refractivity (Wildman–Crippen MR) is 76.5 cm³/mol. The minimum absolute atomic E-state index is 0.715. The first kappa shape index (κ1) is 17.9. The number of rotatable bonds is 6. The highest BCUT2D eigenvalue weighted by atomic mass is 32.2. The Bertz CT molecular complexity index is 269. The first-order chi connectivity index (χ1) is 8.38. The molecule has 18 heavy (non-hydrogen) atoms. The van der Waals surface area contributed by atoms with Gasteiger partial charge in [0.1, 0.15) is 0 Å². The fourth-order valence-electron chi connectivity index (χ4n) is 2.32. The molecule has 0 spiro atoms. The summed E-state index contributed by atoms with van der Waals surface area (Å²) < 4.78 is 25.9. The van der Waals surface area contributed by atoms with Crippen LogP contribution in [0.4, 0.5) is 0 Å². The molecule has 5 heteroatoms. The third-order valence-corrected chi connectivity index (χ3v) is 3.19. The maximum Gasteiger partial charge on any atom is 0.261 e. The molecule has 1 atom stereocenters. The Morgan fingerprint density at radius 2 is 1.78 bits per heavy atom. The van der Waals surface area contributed by atoms with Gasteiger partial charge in [-0.25, -0.2) is 0 Å². The van der Waals surface area contributed by atoms with Gasteiger partial charge < -0.3 is 4.90 Å². The van der Waals surface area contributed by atoms with Gasteiger partial charge in [-0.05, 0) is 38.8 Å². The molecular formula is C13H29NO3S. The molecule has 110 valence electrons. The molecule has 0 bridgehead atoms. The number of hydrogen-bond acceptors (Lipinski definition) is 3. The zero-order chi connectivity index (χ0) is 14.0. The summed E-state index contributed by atoms with van der Waals surface area (Å²) in [6.07, 6.45) is 10.6. The van der Waals surface area contributed by atoms with Crippen molar-refractivity contribution in [2.45, 2.75) is 64.8 Å². The summed E-state index contributed by atoms with van der Waals surface area (Å²) >= 11 is 0. The van der Waals surface area contributed by atoms with Crippen LogP contribution in [0.2, 0.25) is 0 Å². The molecule has 0 aromatic heterocycles. The van der Waals surface area contributed by atoms with Gasteiger partial charge in [0.2, 0.25) is 0 Å². The molecule has 0 radical (unpaired) electrons. The van der Waals surface area contributed by atoms with Crippen molar-refractivity contribution in [1.29, 1.82) is 0 Å². The van der Waals surface area contributed by atoms with E-state index in [0.717, 1.165) is 6.04 Å². The first-order valence-corrected chi connectivity index (χ1v) is 8.89. The Hall–Kier alpha value is -0.130. The van der Waals surface area contributed by atoms with Crippen LogP contribution in [0.1, 0.15) is 58.8 Å². The lowest BCUT2D eigenvalue weighted by Crippen LogP contribution is -2.30. The van der Waals surface area contributed by atoms with Crippen molar-refractivity contribution in [2.24, 2.45) is 0 Å². The van der Waals surface area contributed by atoms with E-state index in [1.165, 1.54) is 58.0 Å². The van der Waals surface area contributed by atoms with Gasteiger partial charge in [0.05, 0.1) is 6.26 Å². The van der Waals surface area contributed by atoms with Gasteiger partial charge in [0.25, 0.3) is 10.1 Å². The fraction of sp³-hybridized carbons (Fsp3) is 1.00. The summed E-state index contributed by atoms with van der Waals surface area (Å²) in [6, 6.07) is 0.937. The highest BCUT2D eigenvalue weighted by Gasteiger charge is 2.22. The van der Waals surface area contributed by atoms with Crippen molar-refractivity contribution in [3.63, 3.8) is 0 Å². The van der Waals surface area contributed by atoms with Crippen LogP contribution < -0.4 is 0 Å². The molecule has 4 nitrogen and oxygen atoms in total. The smallest absolute Gasteiger partial charge is 0.261 e. The van der Waals surface area contributed by atoms with Crippen LogP contribution in [0.25, 0.3) is 0 Å². The van der Waals surface area contributed by atoms with Crippen LogP contribution in [0.15, 0.2) is 0 Å². The van der Waals surface area contributed by atoms with Crippen LogP contribution in [0.5, 0.6) is 0 Å². The molecular weight excluding hydrogens is 250 g/mol. The topological polar surface area (TPSA) is 57.6 Å². The van der Waals surface area contributed by atoms with Gasteiger partial charge in [-0.3, -0.25) is 4.55 Å². The van der Waals surface area contributed by atoms with E-state index in [0.29, 0.717) is 6.26 Å². The molecule has 0 aromatic rings. The third kappa shape index (κ3) is 11.0. The zero-order valence-corrected chi connectivity index (χ0v) is 12.9. The van der Waals surface area contributed by atoms with Crippen molar-refractivity contribution < 1.29 is 13.0 Å². The fourth-order valence-corrected chi connectivity index (χ4v) is 2.32. The summed E-state index contributed by atoms with van der Waals surface area (Å²) in [7, 11) is -3.67.